The van der Waals surface area contributed by atoms with Crippen LogP contribution >= 0.6 is 11.3 Å². The molecule has 1 unspecified atom stereocenters. The summed E-state index contributed by atoms with van der Waals surface area (Å²) in [6.07, 6.45) is 1.72. The van der Waals surface area contributed by atoms with Gasteiger partial charge in [0.2, 0.25) is 0 Å². The number of nitrogens with two attached hydrogens (primary N) is 1. The molecule has 0 fully saturated rings. The first kappa shape index (κ1) is 12.5. The van der Waals surface area contributed by atoms with Crippen molar-refractivity contribution in [1.82, 2.24) is 10.3 Å². The van der Waals surface area contributed by atoms with E-state index in [4.69, 9.17) is 5.84 Å². The number of anilines is 1. The number of thiazole rings is 1. The van der Waals surface area contributed by atoms with Gasteiger partial charge in [0.25, 0.3) is 5.91 Å². The van der Waals surface area contributed by atoms with E-state index in [0.717, 1.165) is 5.01 Å². The Bertz CT molecular complexity index is 527. The molecule has 1 amide bonds. The molecule has 0 aliphatic rings. The Hall–Kier alpha value is -1.92. The molecule has 0 aliphatic heterocycles. The molecule has 0 radical (unpaired) electrons. The van der Waals surface area contributed by atoms with Crippen molar-refractivity contribution < 1.29 is 4.79 Å². The molecule has 0 saturated heterocycles. The highest BCUT2D eigenvalue weighted by molar-refractivity contribution is 7.09. The van der Waals surface area contributed by atoms with Crippen molar-refractivity contribution in [2.75, 3.05) is 5.43 Å². The number of aromatic nitrogens is 1. The lowest BCUT2D eigenvalue weighted by Gasteiger charge is -2.13. The minimum absolute atomic E-state index is 0.122. The number of hydrazine groups is 1. The molecule has 6 heteroatoms. The quantitative estimate of drug-likeness (QED) is 0.581. The van der Waals surface area contributed by atoms with Gasteiger partial charge in [0, 0.05) is 11.6 Å². The van der Waals surface area contributed by atoms with E-state index in [1.165, 1.54) is 11.3 Å². The molecule has 1 aromatic carbocycles. The highest BCUT2D eigenvalue weighted by Gasteiger charge is 2.15. The number of rotatable bonds is 4. The van der Waals surface area contributed by atoms with E-state index in [0.29, 0.717) is 11.3 Å². The van der Waals surface area contributed by atoms with E-state index in [1.807, 2.05) is 18.4 Å². The van der Waals surface area contributed by atoms with Crippen LogP contribution in [0.15, 0.2) is 35.8 Å². The van der Waals surface area contributed by atoms with Gasteiger partial charge in [-0.1, -0.05) is 12.1 Å². The Balaban J connectivity index is 2.12. The Morgan fingerprint density at radius 2 is 2.22 bits per heavy atom. The lowest BCUT2D eigenvalue weighted by Crippen LogP contribution is -2.27. The molecule has 4 N–H and O–H groups in total. The van der Waals surface area contributed by atoms with Crippen LogP contribution in [0, 0.1) is 0 Å². The number of carbonyl (C=O) groups is 1. The van der Waals surface area contributed by atoms with Gasteiger partial charge in [0.15, 0.2) is 0 Å². The van der Waals surface area contributed by atoms with Crippen molar-refractivity contribution in [3.05, 3.63) is 46.4 Å². The fraction of sp³-hybridized carbons (Fsp3) is 0.167. The average molecular weight is 262 g/mol. The van der Waals surface area contributed by atoms with Gasteiger partial charge in [-0.15, -0.1) is 11.3 Å². The third-order valence-corrected chi connectivity index (χ3v) is 3.45. The summed E-state index contributed by atoms with van der Waals surface area (Å²) in [6, 6.07) is 6.96. The zero-order valence-electron chi connectivity index (χ0n) is 9.88. The standard InChI is InChI=1S/C12H14N4OS/c1-8(12-14-6-7-18-12)15-11(17)9-4-2-3-5-10(9)16-13/h2-8,16H,13H2,1H3,(H,15,17). The molecule has 18 heavy (non-hydrogen) atoms. The number of amides is 1. The summed E-state index contributed by atoms with van der Waals surface area (Å²) in [4.78, 5) is 16.3. The van der Waals surface area contributed by atoms with E-state index >= 15 is 0 Å². The van der Waals surface area contributed by atoms with Crippen molar-refractivity contribution in [1.29, 1.82) is 0 Å². The fourth-order valence-corrected chi connectivity index (χ4v) is 2.24. The van der Waals surface area contributed by atoms with Crippen molar-refractivity contribution in [2.24, 2.45) is 5.84 Å². The second-order valence-electron chi connectivity index (χ2n) is 3.76. The minimum Gasteiger partial charge on any atom is -0.343 e. The van der Waals surface area contributed by atoms with E-state index in [1.54, 1.807) is 24.4 Å². The molecule has 2 rings (SSSR count). The predicted molar refractivity (Wildman–Crippen MR) is 72.2 cm³/mol. The summed E-state index contributed by atoms with van der Waals surface area (Å²) in [5.74, 6) is 5.20. The van der Waals surface area contributed by atoms with E-state index in [2.05, 4.69) is 15.7 Å². The average Bonchev–Trinajstić information content (AvgIpc) is 2.92. The van der Waals surface area contributed by atoms with Crippen LogP contribution in [0.5, 0.6) is 0 Å². The van der Waals surface area contributed by atoms with Crippen LogP contribution in [0.2, 0.25) is 0 Å². The highest BCUT2D eigenvalue weighted by Crippen LogP contribution is 2.18. The van der Waals surface area contributed by atoms with Crippen molar-refractivity contribution in [3.8, 4) is 0 Å². The molecule has 5 nitrogen and oxygen atoms in total. The molecule has 1 heterocycles. The van der Waals surface area contributed by atoms with E-state index < -0.39 is 0 Å². The Kier molecular flexibility index (Phi) is 3.91. The molecule has 0 bridgehead atoms. The molecular formula is C12H14N4OS. The summed E-state index contributed by atoms with van der Waals surface area (Å²) in [5, 5.41) is 5.65. The van der Waals surface area contributed by atoms with Crippen LogP contribution in [0.1, 0.15) is 28.3 Å². The second kappa shape index (κ2) is 5.61. The largest absolute Gasteiger partial charge is 0.343 e. The number of nitrogen functional groups attached to an aromatic ring is 1. The number of carbonyl (C=O) groups excluding carboxylic acids is 1. The Morgan fingerprint density at radius 3 is 2.89 bits per heavy atom. The number of nitrogens with one attached hydrogen (secondary N) is 2. The van der Waals surface area contributed by atoms with Gasteiger partial charge < -0.3 is 10.7 Å². The van der Waals surface area contributed by atoms with Crippen LogP contribution in [-0.2, 0) is 0 Å². The van der Waals surface area contributed by atoms with Crippen LogP contribution in [-0.4, -0.2) is 10.9 Å². The topological polar surface area (TPSA) is 80.0 Å². The highest BCUT2D eigenvalue weighted by atomic mass is 32.1. The molecule has 0 spiro atoms. The molecule has 0 saturated carbocycles. The van der Waals surface area contributed by atoms with Gasteiger partial charge >= 0.3 is 0 Å². The lowest BCUT2D eigenvalue weighted by molar-refractivity contribution is 0.0940. The van der Waals surface area contributed by atoms with E-state index in [9.17, 15) is 4.79 Å². The summed E-state index contributed by atoms with van der Waals surface area (Å²) in [5.41, 5.74) is 3.63. The number of benzene rings is 1. The smallest absolute Gasteiger partial charge is 0.253 e. The van der Waals surface area contributed by atoms with Crippen LogP contribution in [0.3, 0.4) is 0 Å². The Morgan fingerprint density at radius 1 is 1.44 bits per heavy atom. The normalized spacial score (nSPS) is 11.9. The summed E-state index contributed by atoms with van der Waals surface area (Å²) < 4.78 is 0. The third-order valence-electron chi connectivity index (χ3n) is 2.50. The van der Waals surface area contributed by atoms with E-state index in [-0.39, 0.29) is 11.9 Å². The summed E-state index contributed by atoms with van der Waals surface area (Å²) >= 11 is 1.51. The predicted octanol–water partition coefficient (Wildman–Crippen LogP) is 1.92. The monoisotopic (exact) mass is 262 g/mol. The maximum absolute atomic E-state index is 12.1. The van der Waals surface area contributed by atoms with Gasteiger partial charge in [0.1, 0.15) is 5.01 Å². The molecule has 1 aromatic heterocycles. The molecule has 2 aromatic rings. The van der Waals surface area contributed by atoms with Crippen molar-refractivity contribution in [2.45, 2.75) is 13.0 Å². The van der Waals surface area contributed by atoms with Gasteiger partial charge in [-0.25, -0.2) is 4.98 Å². The molecular weight excluding hydrogens is 248 g/mol. The lowest BCUT2D eigenvalue weighted by atomic mass is 10.1. The first-order valence-electron chi connectivity index (χ1n) is 5.48. The van der Waals surface area contributed by atoms with Gasteiger partial charge in [-0.05, 0) is 19.1 Å². The maximum Gasteiger partial charge on any atom is 0.253 e. The zero-order chi connectivity index (χ0) is 13.0. The van der Waals surface area contributed by atoms with Crippen LogP contribution in [0.4, 0.5) is 5.69 Å². The van der Waals surface area contributed by atoms with Gasteiger partial charge in [0.05, 0.1) is 17.3 Å². The fourth-order valence-electron chi connectivity index (χ4n) is 1.59. The van der Waals surface area contributed by atoms with Crippen LogP contribution in [0.25, 0.3) is 0 Å². The number of nitrogens with zero attached hydrogens (tertiary/aromatic N) is 1. The minimum atomic E-state index is -0.175. The summed E-state index contributed by atoms with van der Waals surface area (Å²) in [6.45, 7) is 1.90. The van der Waals surface area contributed by atoms with Crippen LogP contribution < -0.4 is 16.6 Å². The van der Waals surface area contributed by atoms with Crippen molar-refractivity contribution in [3.63, 3.8) is 0 Å². The summed E-state index contributed by atoms with van der Waals surface area (Å²) in [7, 11) is 0. The molecule has 94 valence electrons. The number of hydrogen-bond donors (Lipinski definition) is 3. The SMILES string of the molecule is CC(NC(=O)c1ccccc1NN)c1nccs1. The van der Waals surface area contributed by atoms with Gasteiger partial charge in [-0.2, -0.15) is 0 Å². The number of para-hydroxylation sites is 1. The zero-order valence-corrected chi connectivity index (χ0v) is 10.7. The first-order chi connectivity index (χ1) is 8.72. The molecule has 1 atom stereocenters. The first-order valence-corrected chi connectivity index (χ1v) is 6.36. The van der Waals surface area contributed by atoms with Crippen molar-refractivity contribution >= 4 is 22.9 Å². The maximum atomic E-state index is 12.1. The third kappa shape index (κ3) is 2.66. The van der Waals surface area contributed by atoms with Gasteiger partial charge in [-0.3, -0.25) is 10.6 Å². The molecule has 0 aliphatic carbocycles. The number of hydrogen-bond acceptors (Lipinski definition) is 5. The second-order valence-corrected chi connectivity index (χ2v) is 4.68. The Labute approximate surface area is 109 Å².